The van der Waals surface area contributed by atoms with Crippen LogP contribution in [0.4, 0.5) is 10.5 Å². The van der Waals surface area contributed by atoms with E-state index in [1.54, 1.807) is 0 Å². The summed E-state index contributed by atoms with van der Waals surface area (Å²) < 4.78 is 0.915. The number of quaternary nitrogens is 1. The molecular formula is C18H26N5O2+. The number of carbonyl (C=O) groups excluding carboxylic acids is 1. The molecule has 1 aliphatic rings. The number of hydrogen-bond acceptors (Lipinski definition) is 4. The molecule has 0 atom stereocenters. The Bertz CT molecular complexity index is 686. The lowest BCUT2D eigenvalue weighted by Crippen LogP contribution is -2.35. The quantitative estimate of drug-likeness (QED) is 0.313. The lowest BCUT2D eigenvalue weighted by molar-refractivity contribution is -0.870. The molecule has 0 saturated carbocycles. The minimum Gasteiger partial charge on any atom is -0.396 e. The topological polar surface area (TPSA) is 66.6 Å². The van der Waals surface area contributed by atoms with E-state index in [4.69, 9.17) is 4.84 Å². The summed E-state index contributed by atoms with van der Waals surface area (Å²) in [6, 6.07) is 7.19. The molecule has 0 bridgehead atoms. The van der Waals surface area contributed by atoms with Gasteiger partial charge in [0.2, 0.25) is 0 Å². The predicted molar refractivity (Wildman–Crippen MR) is 98.6 cm³/mol. The van der Waals surface area contributed by atoms with Crippen molar-refractivity contribution in [3.63, 3.8) is 0 Å². The third kappa shape index (κ3) is 5.79. The van der Waals surface area contributed by atoms with E-state index in [-0.39, 0.29) is 0 Å². The molecule has 0 aliphatic carbocycles. The number of carbonyl (C=O) groups is 1. The van der Waals surface area contributed by atoms with Crippen molar-refractivity contribution >= 4 is 17.4 Å². The molecule has 7 heteroatoms. The standard InChI is InChI=1S/C18H26N5O2/c1-14(21-25-11-7-10-23(3,4)5)12-16-8-6-9-17(13-16)22-15(2)19-20-18(22)24/h6,8-9,13H,2,7,10-12H2,1,3-5H3/q+1. The number of urea groups is 1. The molecule has 0 unspecified atom stereocenters. The number of anilines is 1. The monoisotopic (exact) mass is 344 g/mol. The number of rotatable bonds is 8. The first kappa shape index (κ1) is 18.8. The number of azo groups is 1. The molecule has 1 aliphatic heterocycles. The molecule has 1 heterocycles. The largest absolute Gasteiger partial charge is 0.396 e. The van der Waals surface area contributed by atoms with Crippen molar-refractivity contribution in [2.75, 3.05) is 39.2 Å². The van der Waals surface area contributed by atoms with Gasteiger partial charge in [0.05, 0.1) is 39.1 Å². The molecule has 0 aromatic heterocycles. The number of nitrogens with zero attached hydrogens (tertiary/aromatic N) is 5. The van der Waals surface area contributed by atoms with Crippen molar-refractivity contribution in [3.05, 3.63) is 42.2 Å². The molecule has 2 rings (SSSR count). The number of oxime groups is 1. The minimum absolute atomic E-state index is 0.327. The fourth-order valence-corrected chi connectivity index (χ4v) is 2.45. The van der Waals surface area contributed by atoms with Crippen LogP contribution in [-0.2, 0) is 11.3 Å². The van der Waals surface area contributed by atoms with Gasteiger partial charge in [-0.05, 0) is 24.6 Å². The zero-order valence-electron chi connectivity index (χ0n) is 15.4. The maximum absolute atomic E-state index is 11.8. The van der Waals surface area contributed by atoms with Gasteiger partial charge in [0.25, 0.3) is 0 Å². The summed E-state index contributed by atoms with van der Waals surface area (Å²) in [6.07, 6.45) is 1.61. The van der Waals surface area contributed by atoms with Crippen LogP contribution in [0, 0.1) is 0 Å². The first-order valence-electron chi connectivity index (χ1n) is 8.26. The van der Waals surface area contributed by atoms with Gasteiger partial charge < -0.3 is 9.32 Å². The summed E-state index contributed by atoms with van der Waals surface area (Å²) in [5.41, 5.74) is 2.61. The van der Waals surface area contributed by atoms with Gasteiger partial charge in [-0.25, -0.2) is 9.69 Å². The molecule has 134 valence electrons. The Balaban J connectivity index is 1.90. The van der Waals surface area contributed by atoms with Crippen molar-refractivity contribution in [2.45, 2.75) is 19.8 Å². The highest BCUT2D eigenvalue weighted by atomic mass is 16.6. The second-order valence-corrected chi connectivity index (χ2v) is 7.11. The lowest BCUT2D eigenvalue weighted by Gasteiger charge is -2.23. The van der Waals surface area contributed by atoms with E-state index in [2.05, 4.69) is 43.1 Å². The summed E-state index contributed by atoms with van der Waals surface area (Å²) in [4.78, 5) is 18.5. The number of amides is 2. The first-order chi connectivity index (χ1) is 11.8. The van der Waals surface area contributed by atoms with Gasteiger partial charge in [-0.15, -0.1) is 5.11 Å². The maximum Gasteiger partial charge on any atom is 0.372 e. The Morgan fingerprint density at radius 2 is 2.08 bits per heavy atom. The predicted octanol–water partition coefficient (Wildman–Crippen LogP) is 3.58. The summed E-state index contributed by atoms with van der Waals surface area (Å²) >= 11 is 0. The van der Waals surface area contributed by atoms with Crippen LogP contribution in [0.1, 0.15) is 18.9 Å². The van der Waals surface area contributed by atoms with Crippen LogP contribution >= 0.6 is 0 Å². The van der Waals surface area contributed by atoms with E-state index >= 15 is 0 Å². The van der Waals surface area contributed by atoms with Crippen LogP contribution in [0.25, 0.3) is 0 Å². The van der Waals surface area contributed by atoms with E-state index in [9.17, 15) is 4.79 Å². The normalized spacial score (nSPS) is 15.2. The molecule has 0 saturated heterocycles. The molecule has 1 aromatic carbocycles. The smallest absolute Gasteiger partial charge is 0.372 e. The van der Waals surface area contributed by atoms with Crippen molar-refractivity contribution in [1.82, 2.24) is 0 Å². The minimum atomic E-state index is -0.423. The molecule has 1 aromatic rings. The molecular weight excluding hydrogens is 318 g/mol. The fourth-order valence-electron chi connectivity index (χ4n) is 2.45. The molecule has 2 amide bonds. The van der Waals surface area contributed by atoms with Crippen LogP contribution < -0.4 is 4.90 Å². The Morgan fingerprint density at radius 1 is 1.32 bits per heavy atom. The molecule has 7 nitrogen and oxygen atoms in total. The van der Waals surface area contributed by atoms with Gasteiger partial charge in [0, 0.05) is 12.8 Å². The Kier molecular flexibility index (Phi) is 6.03. The summed E-state index contributed by atoms with van der Waals surface area (Å²) in [6.45, 7) is 7.31. The average Bonchev–Trinajstić information content (AvgIpc) is 2.85. The molecule has 0 radical (unpaired) electrons. The van der Waals surface area contributed by atoms with Crippen molar-refractivity contribution < 1.29 is 14.1 Å². The fraction of sp³-hybridized carbons (Fsp3) is 0.444. The van der Waals surface area contributed by atoms with Gasteiger partial charge in [-0.1, -0.05) is 29.0 Å². The van der Waals surface area contributed by atoms with Gasteiger partial charge in [-0.2, -0.15) is 0 Å². The highest BCUT2D eigenvalue weighted by Gasteiger charge is 2.24. The van der Waals surface area contributed by atoms with Crippen molar-refractivity contribution in [3.8, 4) is 0 Å². The SMILES string of the molecule is C=C1N=NC(=O)N1c1cccc(CC(C)=NOCCC[N+](C)(C)C)c1. The van der Waals surface area contributed by atoms with E-state index in [0.29, 0.717) is 24.5 Å². The molecule has 0 fully saturated rings. The van der Waals surface area contributed by atoms with Crippen molar-refractivity contribution in [1.29, 1.82) is 0 Å². The Hall–Kier alpha value is -2.54. The Morgan fingerprint density at radius 3 is 2.72 bits per heavy atom. The third-order valence-corrected chi connectivity index (χ3v) is 3.61. The van der Waals surface area contributed by atoms with Crippen LogP contribution in [0.2, 0.25) is 0 Å². The van der Waals surface area contributed by atoms with Crippen LogP contribution in [0.5, 0.6) is 0 Å². The average molecular weight is 344 g/mol. The van der Waals surface area contributed by atoms with Gasteiger partial charge in [0.15, 0.2) is 5.82 Å². The summed E-state index contributed by atoms with van der Waals surface area (Å²) in [5.74, 6) is 0.327. The third-order valence-electron chi connectivity index (χ3n) is 3.61. The van der Waals surface area contributed by atoms with Crippen molar-refractivity contribution in [2.24, 2.45) is 15.4 Å². The van der Waals surface area contributed by atoms with Gasteiger partial charge in [0.1, 0.15) is 6.61 Å². The zero-order chi connectivity index (χ0) is 18.4. The number of hydrogen-bond donors (Lipinski definition) is 0. The number of benzene rings is 1. The Labute approximate surface area is 148 Å². The summed E-state index contributed by atoms with van der Waals surface area (Å²) in [7, 11) is 6.46. The first-order valence-corrected chi connectivity index (χ1v) is 8.26. The van der Waals surface area contributed by atoms with E-state index < -0.39 is 6.03 Å². The summed E-state index contributed by atoms with van der Waals surface area (Å²) in [5, 5.41) is 11.4. The van der Waals surface area contributed by atoms with Crippen LogP contribution in [-0.4, -0.2) is 50.5 Å². The van der Waals surface area contributed by atoms with E-state index in [1.807, 2.05) is 31.2 Å². The lowest BCUT2D eigenvalue weighted by atomic mass is 10.1. The van der Waals surface area contributed by atoms with Gasteiger partial charge >= 0.3 is 6.03 Å². The van der Waals surface area contributed by atoms with Crippen LogP contribution in [0.3, 0.4) is 0 Å². The zero-order valence-corrected chi connectivity index (χ0v) is 15.4. The molecule has 0 spiro atoms. The second-order valence-electron chi connectivity index (χ2n) is 7.11. The van der Waals surface area contributed by atoms with E-state index in [1.165, 1.54) is 4.90 Å². The molecule has 0 N–H and O–H groups in total. The highest BCUT2D eigenvalue weighted by molar-refractivity contribution is 5.97. The highest BCUT2D eigenvalue weighted by Crippen LogP contribution is 2.25. The van der Waals surface area contributed by atoms with E-state index in [0.717, 1.165) is 28.7 Å². The van der Waals surface area contributed by atoms with Crippen LogP contribution in [0.15, 0.2) is 52.0 Å². The maximum atomic E-state index is 11.8. The van der Waals surface area contributed by atoms with Gasteiger partial charge in [-0.3, -0.25) is 0 Å². The second kappa shape index (κ2) is 8.02. The molecule has 25 heavy (non-hydrogen) atoms.